The summed E-state index contributed by atoms with van der Waals surface area (Å²) in [4.78, 5) is 21.8. The van der Waals surface area contributed by atoms with Crippen molar-refractivity contribution in [1.29, 1.82) is 0 Å². The maximum atomic E-state index is 13.3. The van der Waals surface area contributed by atoms with Gasteiger partial charge in [-0.1, -0.05) is 0 Å². The molecule has 0 unspecified atom stereocenters. The van der Waals surface area contributed by atoms with Gasteiger partial charge >= 0.3 is 11.9 Å². The maximum absolute atomic E-state index is 13.3. The Morgan fingerprint density at radius 3 is 2.24 bits per heavy atom. The maximum Gasteiger partial charge on any atom is 0.339 e. The van der Waals surface area contributed by atoms with Crippen molar-refractivity contribution in [1.82, 2.24) is 0 Å². The number of halogens is 1. The highest BCUT2D eigenvalue weighted by Gasteiger charge is 2.52. The third-order valence-electron chi connectivity index (χ3n) is 3.01. The summed E-state index contributed by atoms with van der Waals surface area (Å²) in [6.45, 7) is 0. The molecule has 0 aromatic heterocycles. The Morgan fingerprint density at radius 1 is 1.24 bits per heavy atom. The Labute approximate surface area is 95.1 Å². The summed E-state index contributed by atoms with van der Waals surface area (Å²) < 4.78 is 13.3. The molecule has 5 nitrogen and oxygen atoms in total. The van der Waals surface area contributed by atoms with Crippen LogP contribution in [-0.4, -0.2) is 27.3 Å². The Kier molecular flexibility index (Phi) is 2.30. The molecule has 17 heavy (non-hydrogen) atoms. The zero-order valence-corrected chi connectivity index (χ0v) is 8.61. The minimum Gasteiger partial charge on any atom is -0.504 e. The van der Waals surface area contributed by atoms with Crippen LogP contribution >= 0.6 is 0 Å². The predicted octanol–water partition coefficient (Wildman–Crippen LogP) is 1.35. The summed E-state index contributed by atoms with van der Waals surface area (Å²) in [5.74, 6) is -4.70. The average Bonchev–Trinajstić information content (AvgIpc) is 3.02. The molecule has 0 aliphatic heterocycles. The summed E-state index contributed by atoms with van der Waals surface area (Å²) in [6.07, 6.45) is 0.678. The van der Waals surface area contributed by atoms with Crippen LogP contribution in [-0.2, 0) is 10.2 Å². The second-order valence-electron chi connectivity index (χ2n) is 4.05. The van der Waals surface area contributed by atoms with Gasteiger partial charge < -0.3 is 15.3 Å². The van der Waals surface area contributed by atoms with Gasteiger partial charge in [-0.05, 0) is 30.5 Å². The zero-order valence-electron chi connectivity index (χ0n) is 8.61. The van der Waals surface area contributed by atoms with Crippen molar-refractivity contribution in [2.75, 3.05) is 0 Å². The van der Waals surface area contributed by atoms with Gasteiger partial charge in [0.2, 0.25) is 0 Å². The van der Waals surface area contributed by atoms with E-state index in [1.165, 1.54) is 0 Å². The smallest absolute Gasteiger partial charge is 0.339 e. The number of aromatic hydroxyl groups is 1. The number of rotatable bonds is 3. The van der Waals surface area contributed by atoms with Crippen molar-refractivity contribution in [3.05, 3.63) is 29.1 Å². The minimum absolute atomic E-state index is 0.0812. The van der Waals surface area contributed by atoms with Gasteiger partial charge in [-0.3, -0.25) is 4.79 Å². The van der Waals surface area contributed by atoms with E-state index in [9.17, 15) is 19.1 Å². The molecule has 1 aromatic carbocycles. The molecule has 1 aliphatic carbocycles. The van der Waals surface area contributed by atoms with Crippen molar-refractivity contribution in [3.8, 4) is 5.75 Å². The Bertz CT molecular complexity index is 519. The third kappa shape index (κ3) is 1.61. The lowest BCUT2D eigenvalue weighted by atomic mass is 9.94. The zero-order chi connectivity index (χ0) is 12.8. The quantitative estimate of drug-likeness (QED) is 0.741. The topological polar surface area (TPSA) is 94.8 Å². The molecular formula is C11H9FO5. The number of carboxylic acid groups (broad SMARTS) is 2. The van der Waals surface area contributed by atoms with Gasteiger partial charge in [0.1, 0.15) is 5.56 Å². The van der Waals surface area contributed by atoms with Crippen LogP contribution in [0.2, 0.25) is 0 Å². The van der Waals surface area contributed by atoms with Gasteiger partial charge in [0.05, 0.1) is 5.41 Å². The van der Waals surface area contributed by atoms with E-state index in [2.05, 4.69) is 0 Å². The lowest BCUT2D eigenvalue weighted by Crippen LogP contribution is -2.20. The Balaban J connectivity index is 2.58. The van der Waals surface area contributed by atoms with Crippen LogP contribution in [0.5, 0.6) is 5.75 Å². The first kappa shape index (κ1) is 11.4. The van der Waals surface area contributed by atoms with E-state index < -0.39 is 34.5 Å². The van der Waals surface area contributed by atoms with Crippen molar-refractivity contribution in [3.63, 3.8) is 0 Å². The lowest BCUT2D eigenvalue weighted by molar-refractivity contribution is -0.140. The summed E-state index contributed by atoms with van der Waals surface area (Å²) in [6, 6.07) is 1.89. The fourth-order valence-corrected chi connectivity index (χ4v) is 1.79. The van der Waals surface area contributed by atoms with Gasteiger partial charge in [0, 0.05) is 0 Å². The van der Waals surface area contributed by atoms with E-state index in [4.69, 9.17) is 10.2 Å². The number of hydrogen-bond donors (Lipinski definition) is 3. The largest absolute Gasteiger partial charge is 0.504 e. The Hall–Kier alpha value is -2.11. The molecule has 2 rings (SSSR count). The monoisotopic (exact) mass is 240 g/mol. The highest BCUT2D eigenvalue weighted by Crippen LogP contribution is 2.49. The first-order valence-corrected chi connectivity index (χ1v) is 4.88. The first-order chi connectivity index (χ1) is 7.88. The molecule has 1 saturated carbocycles. The number of phenols is 1. The van der Waals surface area contributed by atoms with E-state index in [1.807, 2.05) is 0 Å². The van der Waals surface area contributed by atoms with Gasteiger partial charge in [-0.15, -0.1) is 0 Å². The summed E-state index contributed by atoms with van der Waals surface area (Å²) in [7, 11) is 0. The Morgan fingerprint density at radius 2 is 1.82 bits per heavy atom. The highest BCUT2D eigenvalue weighted by atomic mass is 19.1. The minimum atomic E-state index is -1.50. The molecule has 1 aliphatic rings. The number of carbonyl (C=O) groups is 2. The SMILES string of the molecule is O=C(O)c1cc(C2(C(=O)O)CC2)cc(F)c1O. The van der Waals surface area contributed by atoms with Crippen molar-refractivity contribution >= 4 is 11.9 Å². The summed E-state index contributed by atoms with van der Waals surface area (Å²) in [5.41, 5.74) is -1.73. The van der Waals surface area contributed by atoms with Crippen LogP contribution in [0.1, 0.15) is 28.8 Å². The number of carboxylic acids is 2. The van der Waals surface area contributed by atoms with Gasteiger partial charge in [0.15, 0.2) is 11.6 Å². The summed E-state index contributed by atoms with van der Waals surface area (Å²) in [5, 5.41) is 27.0. The standard InChI is InChI=1S/C11H9FO5/c12-7-4-5(11(1-2-11)10(16)17)3-6(8(7)13)9(14)15/h3-4,13H,1-2H2,(H,14,15)(H,16,17). The highest BCUT2D eigenvalue weighted by molar-refractivity contribution is 5.92. The number of aliphatic carboxylic acids is 1. The molecule has 0 atom stereocenters. The number of aromatic carboxylic acids is 1. The van der Waals surface area contributed by atoms with Crippen molar-refractivity contribution < 1.29 is 29.3 Å². The van der Waals surface area contributed by atoms with Gasteiger partial charge in [-0.2, -0.15) is 0 Å². The molecular weight excluding hydrogens is 231 g/mol. The molecule has 0 heterocycles. The predicted molar refractivity (Wildman–Crippen MR) is 53.6 cm³/mol. The molecule has 0 amide bonds. The van der Waals surface area contributed by atoms with Crippen molar-refractivity contribution in [2.45, 2.75) is 18.3 Å². The second-order valence-corrected chi connectivity index (χ2v) is 4.05. The van der Waals surface area contributed by atoms with Crippen LogP contribution in [0.15, 0.2) is 12.1 Å². The molecule has 0 bridgehead atoms. The molecule has 6 heteroatoms. The molecule has 3 N–H and O–H groups in total. The van der Waals surface area contributed by atoms with Crippen LogP contribution < -0.4 is 0 Å². The average molecular weight is 240 g/mol. The normalized spacial score (nSPS) is 16.5. The lowest BCUT2D eigenvalue weighted by Gasteiger charge is -2.12. The van der Waals surface area contributed by atoms with Crippen molar-refractivity contribution in [2.24, 2.45) is 0 Å². The van der Waals surface area contributed by atoms with Crippen LogP contribution in [0.25, 0.3) is 0 Å². The molecule has 0 saturated heterocycles. The van der Waals surface area contributed by atoms with Gasteiger partial charge in [-0.25, -0.2) is 9.18 Å². The van der Waals surface area contributed by atoms with Crippen LogP contribution in [0.4, 0.5) is 4.39 Å². The molecule has 1 fully saturated rings. The van der Waals surface area contributed by atoms with E-state index >= 15 is 0 Å². The second kappa shape index (κ2) is 3.44. The number of benzene rings is 1. The molecule has 1 aromatic rings. The molecule has 0 radical (unpaired) electrons. The summed E-state index contributed by atoms with van der Waals surface area (Å²) >= 11 is 0. The van der Waals surface area contributed by atoms with Gasteiger partial charge in [0.25, 0.3) is 0 Å². The van der Waals surface area contributed by atoms with E-state index in [1.54, 1.807) is 0 Å². The van der Waals surface area contributed by atoms with Crippen LogP contribution in [0.3, 0.4) is 0 Å². The first-order valence-electron chi connectivity index (χ1n) is 4.88. The fraction of sp³-hybridized carbons (Fsp3) is 0.273. The van der Waals surface area contributed by atoms with E-state index in [-0.39, 0.29) is 5.56 Å². The van der Waals surface area contributed by atoms with E-state index in [0.29, 0.717) is 12.8 Å². The molecule has 0 spiro atoms. The third-order valence-corrected chi connectivity index (χ3v) is 3.01. The number of hydrogen-bond acceptors (Lipinski definition) is 3. The molecule has 90 valence electrons. The fourth-order valence-electron chi connectivity index (χ4n) is 1.79. The van der Waals surface area contributed by atoms with E-state index in [0.717, 1.165) is 12.1 Å². The van der Waals surface area contributed by atoms with Crippen LogP contribution in [0, 0.1) is 5.82 Å².